The molecular weight excluding hydrogens is 348 g/mol. The molecule has 0 aliphatic carbocycles. The number of aromatic amines is 1. The van der Waals surface area contributed by atoms with Crippen molar-refractivity contribution in [2.75, 3.05) is 29.1 Å². The second-order valence-electron chi connectivity index (χ2n) is 6.01. The zero-order chi connectivity index (χ0) is 17.9. The molecule has 1 aliphatic heterocycles. The van der Waals surface area contributed by atoms with Gasteiger partial charge >= 0.3 is 0 Å². The lowest BCUT2D eigenvalue weighted by Gasteiger charge is -2.30. The minimum absolute atomic E-state index is 0.144. The Bertz CT molecular complexity index is 926. The monoisotopic (exact) mass is 366 g/mol. The van der Waals surface area contributed by atoms with Gasteiger partial charge in [0.2, 0.25) is 11.9 Å². The Balaban J connectivity index is 1.43. The number of thioether (sulfide) groups is 1. The first-order valence-corrected chi connectivity index (χ1v) is 9.30. The van der Waals surface area contributed by atoms with E-state index in [9.17, 15) is 4.79 Å². The lowest BCUT2D eigenvalue weighted by molar-refractivity contribution is -0.115. The van der Waals surface area contributed by atoms with E-state index in [1.165, 1.54) is 10.5 Å². The van der Waals surface area contributed by atoms with Crippen LogP contribution < -0.4 is 10.2 Å². The molecule has 0 radical (unpaired) electrons. The molecule has 0 fully saturated rings. The van der Waals surface area contributed by atoms with Crippen molar-refractivity contribution >= 4 is 29.3 Å². The Morgan fingerprint density at radius 1 is 1.35 bits per heavy atom. The largest absolute Gasteiger partial charge is 0.360 e. The molecule has 1 aliphatic rings. The maximum absolute atomic E-state index is 12.4. The summed E-state index contributed by atoms with van der Waals surface area (Å²) in [6, 6.07) is 11.9. The quantitative estimate of drug-likeness (QED) is 0.738. The van der Waals surface area contributed by atoms with Gasteiger partial charge < -0.3 is 4.90 Å². The van der Waals surface area contributed by atoms with Crippen molar-refractivity contribution in [2.24, 2.45) is 0 Å². The number of carbonyl (C=O) groups excluding carboxylic acids is 1. The third kappa shape index (κ3) is 3.55. The van der Waals surface area contributed by atoms with E-state index in [0.717, 1.165) is 18.0 Å². The Morgan fingerprint density at radius 3 is 3.12 bits per heavy atom. The normalized spacial score (nSPS) is 13.3. The van der Waals surface area contributed by atoms with Gasteiger partial charge in [-0.1, -0.05) is 12.1 Å². The number of pyridine rings is 1. The van der Waals surface area contributed by atoms with Crippen LogP contribution in [0.5, 0.6) is 0 Å². The number of rotatable bonds is 4. The smallest absolute Gasteiger partial charge is 0.249 e. The number of nitrogens with zero attached hydrogens (tertiary/aromatic N) is 4. The molecule has 0 saturated carbocycles. The highest BCUT2D eigenvalue weighted by molar-refractivity contribution is 7.99. The molecule has 1 amide bonds. The van der Waals surface area contributed by atoms with E-state index in [1.54, 1.807) is 6.20 Å². The molecular formula is C18H18N6OS. The van der Waals surface area contributed by atoms with Crippen LogP contribution in [0.1, 0.15) is 5.56 Å². The Kier molecular flexibility index (Phi) is 4.57. The van der Waals surface area contributed by atoms with Crippen LogP contribution in [0.25, 0.3) is 11.5 Å². The first-order chi connectivity index (χ1) is 12.7. The Labute approximate surface area is 155 Å². The van der Waals surface area contributed by atoms with Crippen LogP contribution in [-0.2, 0) is 4.79 Å². The predicted octanol–water partition coefficient (Wildman–Crippen LogP) is 2.73. The van der Waals surface area contributed by atoms with Crippen molar-refractivity contribution < 1.29 is 4.79 Å². The molecule has 0 atom stereocenters. The SMILES string of the molecule is Cc1ccc2c(c1)SCCN2CC(=O)Nc1n[nH]c(-c2ccccn2)n1. The molecule has 0 spiro atoms. The second kappa shape index (κ2) is 7.17. The van der Waals surface area contributed by atoms with Crippen molar-refractivity contribution in [2.45, 2.75) is 11.8 Å². The standard InChI is InChI=1S/C18H18N6OS/c1-12-5-6-14-15(10-12)26-9-8-24(14)11-16(25)20-18-21-17(22-23-18)13-4-2-3-7-19-13/h2-7,10H,8-9,11H2,1H3,(H2,20,21,22,23,25). The van der Waals surface area contributed by atoms with Gasteiger partial charge in [-0.25, -0.2) is 0 Å². The van der Waals surface area contributed by atoms with E-state index in [2.05, 4.69) is 55.5 Å². The topological polar surface area (TPSA) is 86.8 Å². The van der Waals surface area contributed by atoms with E-state index in [0.29, 0.717) is 11.5 Å². The summed E-state index contributed by atoms with van der Waals surface area (Å²) in [6.45, 7) is 3.18. The highest BCUT2D eigenvalue weighted by atomic mass is 32.2. The van der Waals surface area contributed by atoms with E-state index in [4.69, 9.17) is 0 Å². The fourth-order valence-electron chi connectivity index (χ4n) is 2.82. The molecule has 0 bridgehead atoms. The van der Waals surface area contributed by atoms with Crippen molar-refractivity contribution in [1.82, 2.24) is 20.2 Å². The van der Waals surface area contributed by atoms with Crippen LogP contribution in [0, 0.1) is 6.92 Å². The highest BCUT2D eigenvalue weighted by Gasteiger charge is 2.20. The summed E-state index contributed by atoms with van der Waals surface area (Å²) in [6.07, 6.45) is 1.68. The van der Waals surface area contributed by atoms with Gasteiger partial charge in [-0.2, -0.15) is 4.98 Å². The molecule has 1 aromatic carbocycles. The molecule has 132 valence electrons. The zero-order valence-electron chi connectivity index (χ0n) is 14.3. The molecule has 3 aromatic rings. The highest BCUT2D eigenvalue weighted by Crippen LogP contribution is 2.35. The lowest BCUT2D eigenvalue weighted by atomic mass is 10.2. The van der Waals surface area contributed by atoms with Crippen LogP contribution in [-0.4, -0.2) is 44.9 Å². The molecule has 2 N–H and O–H groups in total. The predicted molar refractivity (Wildman–Crippen MR) is 102 cm³/mol. The van der Waals surface area contributed by atoms with Crippen molar-refractivity contribution in [3.63, 3.8) is 0 Å². The fraction of sp³-hybridized carbons (Fsp3) is 0.222. The summed E-state index contributed by atoms with van der Waals surface area (Å²) < 4.78 is 0. The molecule has 0 unspecified atom stereocenters. The second-order valence-corrected chi connectivity index (χ2v) is 7.15. The third-order valence-electron chi connectivity index (χ3n) is 4.05. The summed E-state index contributed by atoms with van der Waals surface area (Å²) in [4.78, 5) is 24.2. The van der Waals surface area contributed by atoms with Crippen molar-refractivity contribution in [3.05, 3.63) is 48.2 Å². The number of carbonyl (C=O) groups is 1. The maximum atomic E-state index is 12.4. The molecule has 4 rings (SSSR count). The Morgan fingerprint density at radius 2 is 2.27 bits per heavy atom. The van der Waals surface area contributed by atoms with Gasteiger partial charge in [0, 0.05) is 23.4 Å². The number of anilines is 2. The summed E-state index contributed by atoms with van der Waals surface area (Å²) in [5.74, 6) is 1.60. The number of hydrogen-bond acceptors (Lipinski definition) is 6. The third-order valence-corrected chi connectivity index (χ3v) is 5.08. The number of aromatic nitrogens is 4. The van der Waals surface area contributed by atoms with Crippen LogP contribution in [0.15, 0.2) is 47.5 Å². The van der Waals surface area contributed by atoms with Crippen molar-refractivity contribution in [3.8, 4) is 11.5 Å². The number of H-pyrrole nitrogens is 1. The molecule has 2 aromatic heterocycles. The van der Waals surface area contributed by atoms with E-state index in [-0.39, 0.29) is 18.4 Å². The van der Waals surface area contributed by atoms with E-state index in [1.807, 2.05) is 30.0 Å². The van der Waals surface area contributed by atoms with Gasteiger partial charge in [0.25, 0.3) is 0 Å². The van der Waals surface area contributed by atoms with Gasteiger partial charge in [0.15, 0.2) is 5.82 Å². The zero-order valence-corrected chi connectivity index (χ0v) is 15.1. The van der Waals surface area contributed by atoms with E-state index < -0.39 is 0 Å². The fourth-order valence-corrected chi connectivity index (χ4v) is 3.97. The molecule has 0 saturated heterocycles. The van der Waals surface area contributed by atoms with Crippen LogP contribution in [0.3, 0.4) is 0 Å². The minimum atomic E-state index is -0.144. The van der Waals surface area contributed by atoms with Crippen molar-refractivity contribution in [1.29, 1.82) is 0 Å². The number of nitrogens with one attached hydrogen (secondary N) is 2. The first kappa shape index (κ1) is 16.6. The average molecular weight is 366 g/mol. The van der Waals surface area contributed by atoms with Crippen LogP contribution in [0.2, 0.25) is 0 Å². The molecule has 8 heteroatoms. The van der Waals surface area contributed by atoms with Gasteiger partial charge in [-0.15, -0.1) is 16.9 Å². The van der Waals surface area contributed by atoms with Gasteiger partial charge in [0.1, 0.15) is 5.69 Å². The maximum Gasteiger partial charge on any atom is 0.249 e. The summed E-state index contributed by atoms with van der Waals surface area (Å²) in [5, 5.41) is 9.60. The summed E-state index contributed by atoms with van der Waals surface area (Å²) in [7, 11) is 0. The summed E-state index contributed by atoms with van der Waals surface area (Å²) in [5.41, 5.74) is 3.01. The van der Waals surface area contributed by atoms with Crippen LogP contribution >= 0.6 is 11.8 Å². The van der Waals surface area contributed by atoms with Gasteiger partial charge in [0.05, 0.1) is 12.2 Å². The first-order valence-electron chi connectivity index (χ1n) is 8.31. The number of benzene rings is 1. The number of fused-ring (bicyclic) bond motifs is 1. The average Bonchev–Trinajstić information content (AvgIpc) is 3.11. The number of aryl methyl sites for hydroxylation is 1. The lowest BCUT2D eigenvalue weighted by Crippen LogP contribution is -2.37. The van der Waals surface area contributed by atoms with Gasteiger partial charge in [-0.3, -0.25) is 20.2 Å². The minimum Gasteiger partial charge on any atom is -0.360 e. The summed E-state index contributed by atoms with van der Waals surface area (Å²) >= 11 is 1.83. The number of amides is 1. The Hall–Kier alpha value is -2.87. The molecule has 3 heterocycles. The number of hydrogen-bond donors (Lipinski definition) is 2. The van der Waals surface area contributed by atoms with Crippen LogP contribution in [0.4, 0.5) is 11.6 Å². The molecule has 26 heavy (non-hydrogen) atoms. The van der Waals surface area contributed by atoms with Gasteiger partial charge in [-0.05, 0) is 36.8 Å². The molecule has 7 nitrogen and oxygen atoms in total. The van der Waals surface area contributed by atoms with E-state index >= 15 is 0 Å².